The van der Waals surface area contributed by atoms with Gasteiger partial charge in [0.2, 0.25) is 0 Å². The molecule has 0 aliphatic carbocycles. The van der Waals surface area contributed by atoms with Crippen LogP contribution < -0.4 is 0 Å². The van der Waals surface area contributed by atoms with Crippen LogP contribution in [-0.2, 0) is 51.4 Å². The molecule has 0 saturated heterocycles. The highest BCUT2D eigenvalue weighted by Crippen LogP contribution is 2.57. The molecule has 0 atom stereocenters. The Labute approximate surface area is 973 Å². The zero-order valence-electron chi connectivity index (χ0n) is 88.4. The van der Waals surface area contributed by atoms with Crippen LogP contribution in [-0.4, -0.2) is 59.8 Å². The van der Waals surface area contributed by atoms with E-state index in [1.54, 1.807) is 136 Å². The van der Waals surface area contributed by atoms with Crippen LogP contribution in [0.15, 0.2) is 72.8 Å². The molecule has 0 radical (unpaired) electrons. The number of thiophene rings is 12. The number of nitrogens with zero attached hydrogens (tertiary/aromatic N) is 12. The van der Waals surface area contributed by atoms with E-state index in [1.165, 1.54) is 184 Å². The van der Waals surface area contributed by atoms with Crippen molar-refractivity contribution in [2.45, 2.75) is 231 Å². The van der Waals surface area contributed by atoms with E-state index in [-0.39, 0.29) is 0 Å². The highest BCUT2D eigenvalue weighted by atomic mass is 32.2. The van der Waals surface area contributed by atoms with Crippen molar-refractivity contribution in [1.29, 1.82) is 0 Å². The molecule has 24 aromatic rings. The van der Waals surface area contributed by atoms with Crippen molar-refractivity contribution in [2.75, 3.05) is 0 Å². The Morgan fingerprint density at radius 3 is 0.420 bits per heavy atom. The maximum absolute atomic E-state index is 5.26. The van der Waals surface area contributed by atoms with Crippen LogP contribution in [0.4, 0.5) is 0 Å². The fraction of sp³-hybridized carbons (Fsp3) is 0.368. The van der Waals surface area contributed by atoms with Gasteiger partial charge in [0.25, 0.3) is 0 Å². The molecule has 0 N–H and O–H groups in total. The SMILES string of the molecule is Cc1cc(C)c(-c2nc3sc(-c4sc(-c5cc(CC(C)C)c(-c6nc7sc(-c8sc(C)cc8CC(C)C)nc7s6)s5)cc4C)nc3s2)s1.Cc1cc(C)c(-c2nc3sc(-c4sc(-c5cc(CC(C)C)c(-c6nc7sc(-c8sc(C)cc8CC(C)C)nc7s6)s5)cc4C)nc3s2)s1.Cc1cc(CC(C)C)c(-c2nc3sc(-c4sc(-c5cc(CC(C)C)c(-c6nc7sc(-c8sc(C)cc8CC(C)C)nc7s6)s5)cc4CC(C)C)nc3s2)s1. The fourth-order valence-corrected chi connectivity index (χ4v) is 46.3. The third-order valence-corrected chi connectivity index (χ3v) is 53.3. The molecular weight excluding hydrogens is 2310 g/mol. The molecule has 774 valence electrons. The van der Waals surface area contributed by atoms with Crippen molar-refractivity contribution in [3.05, 3.63) is 169 Å². The molecule has 0 aromatic carbocycles. The Hall–Kier alpha value is -6.48. The largest absolute Gasteiger partial charge is 0.222 e. The lowest BCUT2D eigenvalue weighted by Gasteiger charge is -2.04. The first-order chi connectivity index (χ1) is 71.7. The number of thiazole rings is 12. The van der Waals surface area contributed by atoms with E-state index in [9.17, 15) is 0 Å². The van der Waals surface area contributed by atoms with Gasteiger partial charge >= 0.3 is 0 Å². The van der Waals surface area contributed by atoms with Crippen molar-refractivity contribution in [3.8, 4) is 148 Å². The van der Waals surface area contributed by atoms with Crippen LogP contribution in [0.1, 0.15) is 207 Å². The second-order valence-electron chi connectivity index (χ2n) is 42.4. The lowest BCUT2D eigenvalue weighted by molar-refractivity contribution is 0.649. The van der Waals surface area contributed by atoms with E-state index < -0.39 is 0 Å². The maximum atomic E-state index is 5.26. The van der Waals surface area contributed by atoms with Crippen molar-refractivity contribution in [2.24, 2.45) is 47.3 Å². The average Bonchev–Trinajstić information content (AvgIpc) is 1.62. The number of aryl methyl sites for hydroxylation is 10. The number of hydrogen-bond acceptors (Lipinski definition) is 36. The lowest BCUT2D eigenvalue weighted by Crippen LogP contribution is -1.93. The smallest absolute Gasteiger partial charge is 0.155 e. The zero-order chi connectivity index (χ0) is 105. The van der Waals surface area contributed by atoms with Gasteiger partial charge in [-0.3, -0.25) is 0 Å². The summed E-state index contributed by atoms with van der Waals surface area (Å²) >= 11 is 43.2. The zero-order valence-corrected chi connectivity index (χ0v) is 108. The molecule has 12 nitrogen and oxygen atoms in total. The minimum Gasteiger partial charge on any atom is -0.222 e. The summed E-state index contributed by atoms with van der Waals surface area (Å²) in [6.07, 6.45) is 8.45. The summed E-state index contributed by atoms with van der Waals surface area (Å²) < 4.78 is 0. The highest BCUT2D eigenvalue weighted by molar-refractivity contribution is 7.38. The van der Waals surface area contributed by atoms with E-state index in [0.29, 0.717) is 47.3 Å². The van der Waals surface area contributed by atoms with E-state index in [1.807, 2.05) is 136 Å². The van der Waals surface area contributed by atoms with Gasteiger partial charge in [-0.05, 0) is 308 Å². The van der Waals surface area contributed by atoms with Gasteiger partial charge in [-0.1, -0.05) is 247 Å². The van der Waals surface area contributed by atoms with Gasteiger partial charge < -0.3 is 0 Å². The van der Waals surface area contributed by atoms with Crippen LogP contribution in [0.5, 0.6) is 0 Å². The highest BCUT2D eigenvalue weighted by Gasteiger charge is 2.32. The molecular formula is C114H114N12S24. The summed E-state index contributed by atoms with van der Waals surface area (Å²) in [5.74, 6) is 4.68. The Balaban J connectivity index is 0.000000127. The average molecular weight is 2420 g/mol. The van der Waals surface area contributed by atoms with Gasteiger partial charge in [-0.2, -0.15) is 0 Å². The molecule has 0 aliphatic rings. The number of aromatic nitrogens is 12. The summed E-state index contributed by atoms with van der Waals surface area (Å²) in [5.41, 5.74) is 16.4. The van der Waals surface area contributed by atoms with Crippen molar-refractivity contribution in [1.82, 2.24) is 59.8 Å². The van der Waals surface area contributed by atoms with Crippen LogP contribution >= 0.6 is 272 Å². The number of fused-ring (bicyclic) bond motifs is 6. The molecule has 36 heteroatoms. The molecule has 24 aromatic heterocycles. The molecule has 24 rings (SSSR count). The molecule has 0 fully saturated rings. The van der Waals surface area contributed by atoms with Gasteiger partial charge in [0.15, 0.2) is 58.0 Å². The van der Waals surface area contributed by atoms with E-state index >= 15 is 0 Å². The number of hydrogen-bond donors (Lipinski definition) is 0. The molecule has 0 saturated carbocycles. The third-order valence-electron chi connectivity index (χ3n) is 24.8. The first-order valence-corrected chi connectivity index (χ1v) is 70.3. The summed E-state index contributed by atoms with van der Waals surface area (Å²) in [6, 6.07) is 28.3. The molecule has 0 amide bonds. The monoisotopic (exact) mass is 2420 g/mol. The number of rotatable bonds is 31. The Morgan fingerprint density at radius 1 is 0.140 bits per heavy atom. The lowest BCUT2D eigenvalue weighted by atomic mass is 10.0. The van der Waals surface area contributed by atoms with E-state index in [4.69, 9.17) is 59.8 Å². The molecule has 0 aliphatic heterocycles. The molecule has 0 spiro atoms. The first-order valence-electron chi connectivity index (χ1n) is 50.7. The standard InChI is InChI=1S/C42H46N4S8.2C36H34N4S8/c1-19(2)11-25-15-23(9)47-31(25)35-43-39-41(51-35)45-37(53-39)33-27(13-21(5)6)17-29(49-33)30-18-28(14-22(7)8)34(50-30)38-46-42-40(54-38)44-36(52-42)32-26(12-20(3)4)16-24(10)48-32;2*1-15(2)9-21-13-20(8)42-27(21)31-39-35-36(47-31)40-32(48-35)28-22(10-16(3)4)14-24(44-28)23-12-18(6)26(43-23)30-38-34-33(46-30)37-29(45-34)25-17(5)11-19(7)41-25/h15-22H,11-14H2,1-10H3;2*11-16H,9-10H2,1-8H3. The van der Waals surface area contributed by atoms with Crippen molar-refractivity contribution >= 4 is 330 Å². The Morgan fingerprint density at radius 2 is 0.260 bits per heavy atom. The molecule has 150 heavy (non-hydrogen) atoms. The predicted octanol–water partition coefficient (Wildman–Crippen LogP) is 43.9. The van der Waals surface area contributed by atoms with E-state index in [2.05, 4.69) is 253 Å². The molecule has 0 unspecified atom stereocenters. The van der Waals surface area contributed by atoms with Crippen LogP contribution in [0.3, 0.4) is 0 Å². The van der Waals surface area contributed by atoms with Crippen LogP contribution in [0, 0.1) is 117 Å². The van der Waals surface area contributed by atoms with Gasteiger partial charge in [0.05, 0.1) is 58.5 Å². The minimum atomic E-state index is 0.550. The van der Waals surface area contributed by atoms with Crippen LogP contribution in [0.2, 0.25) is 0 Å². The van der Waals surface area contributed by atoms with Gasteiger partial charge in [-0.25, -0.2) is 59.8 Å². The maximum Gasteiger partial charge on any atom is 0.155 e. The van der Waals surface area contributed by atoms with E-state index in [0.717, 1.165) is 169 Å². The second kappa shape index (κ2) is 44.4. The van der Waals surface area contributed by atoms with Gasteiger partial charge in [0.1, 0.15) is 60.1 Å². The molecule has 0 bridgehead atoms. The summed E-state index contributed by atoms with van der Waals surface area (Å²) in [6.45, 7) is 58.7. The van der Waals surface area contributed by atoms with Crippen LogP contribution in [0.25, 0.3) is 206 Å². The van der Waals surface area contributed by atoms with Gasteiger partial charge in [-0.15, -0.1) is 136 Å². The Kier molecular flexibility index (Phi) is 31.9. The first kappa shape index (κ1) is 108. The topological polar surface area (TPSA) is 155 Å². The second-order valence-corrected chi connectivity index (χ2v) is 67.9. The van der Waals surface area contributed by atoms with Gasteiger partial charge in [0, 0.05) is 58.5 Å². The predicted molar refractivity (Wildman–Crippen MR) is 684 cm³/mol. The summed E-state index contributed by atoms with van der Waals surface area (Å²) in [4.78, 5) is 106. The fourth-order valence-electron chi connectivity index (χ4n) is 19.0. The summed E-state index contributed by atoms with van der Waals surface area (Å²) in [5, 5.41) is 13.2. The Bertz CT molecular complexity index is 8350. The minimum absolute atomic E-state index is 0.550. The van der Waals surface area contributed by atoms with Crippen molar-refractivity contribution < 1.29 is 0 Å². The summed E-state index contributed by atoms with van der Waals surface area (Å²) in [7, 11) is 0. The third kappa shape index (κ3) is 22.9. The normalized spacial score (nSPS) is 12.4. The van der Waals surface area contributed by atoms with Crippen molar-refractivity contribution in [3.63, 3.8) is 0 Å². The quantitative estimate of drug-likeness (QED) is 0.0406. The molecule has 24 heterocycles.